The van der Waals surface area contributed by atoms with E-state index in [9.17, 15) is 9.59 Å². The highest BCUT2D eigenvalue weighted by Crippen LogP contribution is 2.26. The van der Waals surface area contributed by atoms with Crippen LogP contribution in [0.3, 0.4) is 0 Å². The fourth-order valence-corrected chi connectivity index (χ4v) is 3.42. The van der Waals surface area contributed by atoms with Crippen LogP contribution in [-0.4, -0.2) is 15.6 Å². The molecule has 4 rings (SSSR count). The van der Waals surface area contributed by atoms with Gasteiger partial charge in [0, 0.05) is 26.0 Å². The summed E-state index contributed by atoms with van der Waals surface area (Å²) < 4.78 is 2.12. The van der Waals surface area contributed by atoms with Crippen molar-refractivity contribution >= 4 is 44.1 Å². The molecule has 3 aromatic carbocycles. The molecule has 0 fully saturated rings. The number of Topliss-reactive ketones (excluding diaryl/α,β-unsaturated/α-hetero) is 1. The van der Waals surface area contributed by atoms with E-state index in [1.165, 1.54) is 4.68 Å². The van der Waals surface area contributed by atoms with E-state index in [1.54, 1.807) is 48.5 Å². The lowest BCUT2D eigenvalue weighted by Crippen LogP contribution is -2.27. The van der Waals surface area contributed by atoms with E-state index in [0.717, 1.165) is 15.4 Å². The largest absolute Gasteiger partial charge is 0.292 e. The molecule has 0 N–H and O–H groups in total. The van der Waals surface area contributed by atoms with Crippen molar-refractivity contribution in [2.24, 2.45) is 0 Å². The third-order valence-corrected chi connectivity index (χ3v) is 5.23. The molecule has 0 saturated heterocycles. The number of hydrogen-bond donors (Lipinski definition) is 0. The third kappa shape index (κ3) is 3.63. The van der Waals surface area contributed by atoms with Gasteiger partial charge in [-0.25, -0.2) is 4.68 Å². The molecule has 0 aliphatic carbocycles. The van der Waals surface area contributed by atoms with Gasteiger partial charge in [-0.1, -0.05) is 70.0 Å². The zero-order valence-corrected chi connectivity index (χ0v) is 16.9. The monoisotopic (exact) mass is 452 g/mol. The van der Waals surface area contributed by atoms with Crippen LogP contribution < -0.4 is 5.56 Å². The van der Waals surface area contributed by atoms with Crippen LogP contribution in [0.1, 0.15) is 10.4 Å². The van der Waals surface area contributed by atoms with Crippen LogP contribution >= 0.6 is 27.5 Å². The molecule has 4 aromatic rings. The maximum Gasteiger partial charge on any atom is 0.275 e. The zero-order chi connectivity index (χ0) is 19.7. The van der Waals surface area contributed by atoms with E-state index in [1.807, 2.05) is 24.3 Å². The Morgan fingerprint density at radius 1 is 0.929 bits per heavy atom. The number of rotatable bonds is 4. The fraction of sp³-hybridized carbons (Fsp3) is 0.0455. The third-order valence-electron chi connectivity index (χ3n) is 4.44. The minimum Gasteiger partial charge on any atom is -0.292 e. The predicted octanol–water partition coefficient (Wildman–Crippen LogP) is 5.36. The quantitative estimate of drug-likeness (QED) is 0.391. The van der Waals surface area contributed by atoms with E-state index in [-0.39, 0.29) is 17.9 Å². The molecule has 6 heteroatoms. The highest BCUT2D eigenvalue weighted by Gasteiger charge is 2.15. The van der Waals surface area contributed by atoms with Gasteiger partial charge in [0.1, 0.15) is 6.54 Å². The fourth-order valence-electron chi connectivity index (χ4n) is 3.03. The normalized spacial score (nSPS) is 10.9. The second-order valence-electron chi connectivity index (χ2n) is 6.29. The van der Waals surface area contributed by atoms with Crippen LogP contribution in [0.4, 0.5) is 0 Å². The Labute approximate surface area is 174 Å². The standard InChI is InChI=1S/C22H14BrClN2O2/c23-16-9-5-14(6-10-16)20(27)13-26-22(28)19-4-2-1-3-18(19)21(25-26)15-7-11-17(24)12-8-15/h1-12H,13H2. The molecule has 138 valence electrons. The molecule has 0 atom stereocenters. The van der Waals surface area contributed by atoms with Gasteiger partial charge in [-0.3, -0.25) is 9.59 Å². The van der Waals surface area contributed by atoms with Crippen LogP contribution in [-0.2, 0) is 6.54 Å². The second-order valence-corrected chi connectivity index (χ2v) is 7.65. The van der Waals surface area contributed by atoms with E-state index >= 15 is 0 Å². The van der Waals surface area contributed by atoms with Crippen molar-refractivity contribution in [3.63, 3.8) is 0 Å². The summed E-state index contributed by atoms with van der Waals surface area (Å²) in [6.07, 6.45) is 0. The number of aromatic nitrogens is 2. The van der Waals surface area contributed by atoms with Crippen LogP contribution in [0.5, 0.6) is 0 Å². The van der Waals surface area contributed by atoms with E-state index in [2.05, 4.69) is 21.0 Å². The zero-order valence-electron chi connectivity index (χ0n) is 14.6. The van der Waals surface area contributed by atoms with Gasteiger partial charge in [-0.15, -0.1) is 0 Å². The minimum atomic E-state index is -0.293. The van der Waals surface area contributed by atoms with Crippen molar-refractivity contribution in [3.05, 3.63) is 98.2 Å². The lowest BCUT2D eigenvalue weighted by Gasteiger charge is -2.11. The number of nitrogens with zero attached hydrogens (tertiary/aromatic N) is 2. The van der Waals surface area contributed by atoms with Gasteiger partial charge in [0.25, 0.3) is 5.56 Å². The number of carbonyl (C=O) groups excluding carboxylic acids is 1. The van der Waals surface area contributed by atoms with Crippen molar-refractivity contribution in [2.75, 3.05) is 0 Å². The number of ketones is 1. The second kappa shape index (κ2) is 7.70. The topological polar surface area (TPSA) is 52.0 Å². The van der Waals surface area contributed by atoms with Crippen LogP contribution in [0.15, 0.2) is 82.1 Å². The summed E-state index contributed by atoms with van der Waals surface area (Å²) in [5, 5.41) is 6.39. The highest BCUT2D eigenvalue weighted by atomic mass is 79.9. The Bertz CT molecular complexity index is 1230. The van der Waals surface area contributed by atoms with E-state index in [4.69, 9.17) is 11.6 Å². The Morgan fingerprint density at radius 2 is 1.57 bits per heavy atom. The molecule has 0 radical (unpaired) electrons. The summed E-state index contributed by atoms with van der Waals surface area (Å²) in [6, 6.07) is 21.5. The number of hydrogen-bond acceptors (Lipinski definition) is 3. The molecule has 0 amide bonds. The van der Waals surface area contributed by atoms with Crippen LogP contribution in [0.25, 0.3) is 22.0 Å². The average molecular weight is 454 g/mol. The SMILES string of the molecule is O=C(Cn1nc(-c2ccc(Cl)cc2)c2ccccc2c1=O)c1ccc(Br)cc1. The summed E-state index contributed by atoms with van der Waals surface area (Å²) >= 11 is 9.35. The van der Waals surface area contributed by atoms with Gasteiger partial charge in [0.05, 0.1) is 11.1 Å². The summed E-state index contributed by atoms with van der Waals surface area (Å²) in [7, 11) is 0. The first-order valence-corrected chi connectivity index (χ1v) is 9.74. The van der Waals surface area contributed by atoms with Crippen molar-refractivity contribution in [1.82, 2.24) is 9.78 Å². The smallest absolute Gasteiger partial charge is 0.275 e. The van der Waals surface area contributed by atoms with Gasteiger partial charge in [-0.05, 0) is 30.3 Å². The number of carbonyl (C=O) groups is 1. The maximum absolute atomic E-state index is 12.9. The van der Waals surface area contributed by atoms with E-state index in [0.29, 0.717) is 21.7 Å². The summed E-state index contributed by atoms with van der Waals surface area (Å²) in [5.74, 6) is -0.181. The molecule has 28 heavy (non-hydrogen) atoms. The molecule has 1 heterocycles. The van der Waals surface area contributed by atoms with Crippen molar-refractivity contribution < 1.29 is 4.79 Å². The van der Waals surface area contributed by atoms with Crippen LogP contribution in [0.2, 0.25) is 5.02 Å². The number of fused-ring (bicyclic) bond motifs is 1. The number of halogens is 2. The van der Waals surface area contributed by atoms with Gasteiger partial charge in [-0.2, -0.15) is 5.10 Å². The lowest BCUT2D eigenvalue weighted by molar-refractivity contribution is 0.0966. The molecule has 0 spiro atoms. The van der Waals surface area contributed by atoms with Crippen molar-refractivity contribution in [1.29, 1.82) is 0 Å². The molecule has 0 unspecified atom stereocenters. The Hall–Kier alpha value is -2.76. The van der Waals surface area contributed by atoms with E-state index < -0.39 is 0 Å². The predicted molar refractivity (Wildman–Crippen MR) is 115 cm³/mol. The highest BCUT2D eigenvalue weighted by molar-refractivity contribution is 9.10. The molecular weight excluding hydrogens is 440 g/mol. The first-order chi connectivity index (χ1) is 13.5. The summed E-state index contributed by atoms with van der Waals surface area (Å²) in [6.45, 7) is -0.133. The molecule has 0 aliphatic rings. The minimum absolute atomic E-state index is 0.133. The van der Waals surface area contributed by atoms with Crippen LogP contribution in [0, 0.1) is 0 Å². The lowest BCUT2D eigenvalue weighted by atomic mass is 10.0. The molecule has 0 bridgehead atoms. The summed E-state index contributed by atoms with van der Waals surface area (Å²) in [5.41, 5.74) is 1.69. The Kier molecular flexibility index (Phi) is 5.11. The molecular formula is C22H14BrClN2O2. The van der Waals surface area contributed by atoms with Gasteiger partial charge >= 0.3 is 0 Å². The van der Waals surface area contributed by atoms with Gasteiger partial charge in [0.15, 0.2) is 5.78 Å². The number of benzene rings is 3. The maximum atomic E-state index is 12.9. The Morgan fingerprint density at radius 3 is 2.25 bits per heavy atom. The van der Waals surface area contributed by atoms with Crippen molar-refractivity contribution in [2.45, 2.75) is 6.54 Å². The molecule has 4 nitrogen and oxygen atoms in total. The summed E-state index contributed by atoms with van der Waals surface area (Å²) in [4.78, 5) is 25.6. The Balaban J connectivity index is 1.83. The first-order valence-electron chi connectivity index (χ1n) is 8.57. The molecule has 0 saturated carbocycles. The van der Waals surface area contributed by atoms with Gasteiger partial charge in [0.2, 0.25) is 0 Å². The first kappa shape index (κ1) is 18.6. The molecule has 1 aromatic heterocycles. The average Bonchev–Trinajstić information content (AvgIpc) is 2.71. The van der Waals surface area contributed by atoms with Crippen molar-refractivity contribution in [3.8, 4) is 11.3 Å². The van der Waals surface area contributed by atoms with Gasteiger partial charge < -0.3 is 0 Å². The molecule has 0 aliphatic heterocycles.